The van der Waals surface area contributed by atoms with Crippen molar-refractivity contribution in [2.45, 2.75) is 11.8 Å². The van der Waals surface area contributed by atoms with Gasteiger partial charge in [-0.15, -0.1) is 0 Å². The number of H-pyrrole nitrogens is 1. The maximum atomic E-state index is 12.5. The topological polar surface area (TPSA) is 89.3 Å². The van der Waals surface area contributed by atoms with E-state index in [1.807, 2.05) is 31.2 Å². The number of para-hydroxylation sites is 1. The normalized spacial score (nSPS) is 11.8. The predicted octanol–water partition coefficient (Wildman–Crippen LogP) is 4.68. The van der Waals surface area contributed by atoms with E-state index >= 15 is 0 Å². The van der Waals surface area contributed by atoms with E-state index in [9.17, 15) is 8.42 Å². The second-order valence-corrected chi connectivity index (χ2v) is 8.95. The summed E-state index contributed by atoms with van der Waals surface area (Å²) in [6.07, 6.45) is 0. The maximum Gasteiger partial charge on any atom is 0.339 e. The molecule has 3 aromatic carbocycles. The van der Waals surface area contributed by atoms with Crippen LogP contribution >= 0.6 is 12.2 Å². The van der Waals surface area contributed by atoms with Crippen LogP contribution in [-0.2, 0) is 10.1 Å². The van der Waals surface area contributed by atoms with Gasteiger partial charge in [0.25, 0.3) is 0 Å². The van der Waals surface area contributed by atoms with Crippen molar-refractivity contribution in [3.8, 4) is 17.1 Å². The molecule has 0 amide bonds. The molecular formula is C22H16N4O3S2. The fourth-order valence-electron chi connectivity index (χ4n) is 3.31. The van der Waals surface area contributed by atoms with E-state index in [1.165, 1.54) is 12.1 Å². The molecular weight excluding hydrogens is 432 g/mol. The van der Waals surface area contributed by atoms with Gasteiger partial charge in [0.2, 0.25) is 4.77 Å². The van der Waals surface area contributed by atoms with Crippen molar-refractivity contribution in [3.63, 3.8) is 0 Å². The Morgan fingerprint density at radius 3 is 2.39 bits per heavy atom. The lowest BCUT2D eigenvalue weighted by Crippen LogP contribution is -2.09. The molecule has 0 aliphatic rings. The van der Waals surface area contributed by atoms with Crippen molar-refractivity contribution < 1.29 is 12.6 Å². The van der Waals surface area contributed by atoms with Gasteiger partial charge in [0.15, 0.2) is 11.5 Å². The first-order chi connectivity index (χ1) is 14.9. The Morgan fingerprint density at radius 2 is 1.65 bits per heavy atom. The summed E-state index contributed by atoms with van der Waals surface area (Å²) in [5.41, 5.74) is 3.17. The molecule has 9 heteroatoms. The highest BCUT2D eigenvalue weighted by atomic mass is 32.2. The molecule has 2 heterocycles. The molecule has 0 fully saturated rings. The molecule has 154 valence electrons. The van der Waals surface area contributed by atoms with Gasteiger partial charge >= 0.3 is 10.1 Å². The smallest absolute Gasteiger partial charge is 0.339 e. The first kappa shape index (κ1) is 19.4. The molecule has 0 saturated carbocycles. The lowest BCUT2D eigenvalue weighted by molar-refractivity contribution is 0.486. The molecule has 0 saturated heterocycles. The molecule has 0 bridgehead atoms. The van der Waals surface area contributed by atoms with Crippen LogP contribution in [0.25, 0.3) is 27.9 Å². The van der Waals surface area contributed by atoms with Gasteiger partial charge in [0.05, 0.1) is 5.52 Å². The summed E-state index contributed by atoms with van der Waals surface area (Å²) >= 11 is 5.22. The Hall–Kier alpha value is -3.56. The predicted molar refractivity (Wildman–Crippen MR) is 120 cm³/mol. The highest BCUT2D eigenvalue weighted by Crippen LogP contribution is 2.27. The Balaban J connectivity index is 1.53. The lowest BCUT2D eigenvalue weighted by atomic mass is 10.2. The van der Waals surface area contributed by atoms with Crippen LogP contribution in [-0.4, -0.2) is 28.0 Å². The molecule has 0 radical (unpaired) electrons. The second-order valence-electron chi connectivity index (χ2n) is 7.02. The standard InChI is InChI=1S/C22H16N4O3S2/c1-14-6-12-17(13-7-14)31(27,28)29-16-10-8-15(9-11-16)20-23-19-5-3-2-4-18(19)21-24-22(30)25-26(20)21/h2-13H,1H3,(H,25,30). The van der Waals surface area contributed by atoms with Crippen molar-refractivity contribution in [2.75, 3.05) is 0 Å². The van der Waals surface area contributed by atoms with Crippen LogP contribution in [0.3, 0.4) is 0 Å². The Labute approximate surface area is 183 Å². The Morgan fingerprint density at radius 1 is 0.935 bits per heavy atom. The van der Waals surface area contributed by atoms with Crippen molar-refractivity contribution in [2.24, 2.45) is 0 Å². The third-order valence-electron chi connectivity index (χ3n) is 4.84. The van der Waals surface area contributed by atoms with Crippen LogP contribution in [0.5, 0.6) is 5.75 Å². The zero-order chi connectivity index (χ0) is 21.6. The largest absolute Gasteiger partial charge is 0.379 e. The van der Waals surface area contributed by atoms with Gasteiger partial charge in [-0.3, -0.25) is 5.10 Å². The number of aryl methyl sites for hydroxylation is 1. The van der Waals surface area contributed by atoms with Crippen molar-refractivity contribution in [3.05, 3.63) is 83.1 Å². The fourth-order valence-corrected chi connectivity index (χ4v) is 4.42. The summed E-state index contributed by atoms with van der Waals surface area (Å²) in [4.78, 5) is 9.25. The number of rotatable bonds is 4. The average Bonchev–Trinajstić information content (AvgIpc) is 3.15. The number of nitrogens with one attached hydrogen (secondary N) is 1. The van der Waals surface area contributed by atoms with Crippen molar-refractivity contribution in [1.82, 2.24) is 19.6 Å². The molecule has 5 rings (SSSR count). The number of aromatic nitrogens is 4. The van der Waals surface area contributed by atoms with Crippen LogP contribution in [0, 0.1) is 11.7 Å². The number of benzene rings is 3. The van der Waals surface area contributed by atoms with E-state index in [2.05, 4.69) is 10.1 Å². The van der Waals surface area contributed by atoms with Gasteiger partial charge in [-0.1, -0.05) is 29.8 Å². The third-order valence-corrected chi connectivity index (χ3v) is 6.28. The van der Waals surface area contributed by atoms with E-state index < -0.39 is 10.1 Å². The van der Waals surface area contributed by atoms with E-state index in [0.29, 0.717) is 16.2 Å². The maximum absolute atomic E-state index is 12.5. The highest BCUT2D eigenvalue weighted by Gasteiger charge is 2.17. The van der Waals surface area contributed by atoms with Crippen LogP contribution in [0.4, 0.5) is 0 Å². The summed E-state index contributed by atoms with van der Waals surface area (Å²) in [6.45, 7) is 1.89. The van der Waals surface area contributed by atoms with E-state index in [0.717, 1.165) is 22.0 Å². The number of aromatic amines is 1. The molecule has 5 aromatic rings. The van der Waals surface area contributed by atoms with Gasteiger partial charge in [0, 0.05) is 10.9 Å². The fraction of sp³-hybridized carbons (Fsp3) is 0.0455. The quantitative estimate of drug-likeness (QED) is 0.317. The first-order valence-electron chi connectivity index (χ1n) is 9.40. The molecule has 0 atom stereocenters. The SMILES string of the molecule is Cc1ccc(S(=O)(=O)Oc2ccc(-c3nc4ccccc4c4nc(=S)[nH]n34)cc2)cc1. The molecule has 1 N–H and O–H groups in total. The van der Waals surface area contributed by atoms with E-state index in [1.54, 1.807) is 40.9 Å². The molecule has 0 aliphatic heterocycles. The van der Waals surface area contributed by atoms with Crippen LogP contribution in [0.15, 0.2) is 77.7 Å². The number of hydrogen-bond acceptors (Lipinski definition) is 6. The minimum Gasteiger partial charge on any atom is -0.379 e. The summed E-state index contributed by atoms with van der Waals surface area (Å²) in [5, 5.41) is 3.90. The Bertz CT molecular complexity index is 1590. The second kappa shape index (κ2) is 7.29. The van der Waals surface area contributed by atoms with Gasteiger partial charge < -0.3 is 4.18 Å². The van der Waals surface area contributed by atoms with Gasteiger partial charge in [-0.25, -0.2) is 9.50 Å². The van der Waals surface area contributed by atoms with Crippen LogP contribution in [0.2, 0.25) is 0 Å². The van der Waals surface area contributed by atoms with Crippen LogP contribution < -0.4 is 4.18 Å². The number of nitrogens with zero attached hydrogens (tertiary/aromatic N) is 3. The lowest BCUT2D eigenvalue weighted by Gasteiger charge is -2.10. The van der Waals surface area contributed by atoms with Gasteiger partial charge in [0.1, 0.15) is 10.6 Å². The molecule has 0 aliphatic carbocycles. The monoisotopic (exact) mass is 448 g/mol. The summed E-state index contributed by atoms with van der Waals surface area (Å²) in [7, 11) is -3.92. The molecule has 31 heavy (non-hydrogen) atoms. The summed E-state index contributed by atoms with van der Waals surface area (Å²) in [5.74, 6) is 0.810. The Kier molecular flexibility index (Phi) is 4.57. The summed E-state index contributed by atoms with van der Waals surface area (Å²) in [6, 6.07) is 20.8. The summed E-state index contributed by atoms with van der Waals surface area (Å²) < 4.78 is 32.4. The van der Waals surface area contributed by atoms with Crippen LogP contribution in [0.1, 0.15) is 5.56 Å². The molecule has 0 unspecified atom stereocenters. The molecule has 2 aromatic heterocycles. The average molecular weight is 449 g/mol. The molecule has 7 nitrogen and oxygen atoms in total. The number of fused-ring (bicyclic) bond motifs is 3. The van der Waals surface area contributed by atoms with E-state index in [-0.39, 0.29) is 10.6 Å². The minimum absolute atomic E-state index is 0.103. The van der Waals surface area contributed by atoms with Gasteiger partial charge in [-0.05, 0) is 67.7 Å². The minimum atomic E-state index is -3.92. The zero-order valence-electron chi connectivity index (χ0n) is 16.3. The van der Waals surface area contributed by atoms with Gasteiger partial charge in [-0.2, -0.15) is 13.4 Å². The van der Waals surface area contributed by atoms with Crippen molar-refractivity contribution >= 4 is 38.9 Å². The third kappa shape index (κ3) is 3.58. The number of hydrogen-bond donors (Lipinski definition) is 1. The highest BCUT2D eigenvalue weighted by molar-refractivity contribution is 7.87. The van der Waals surface area contributed by atoms with Crippen molar-refractivity contribution in [1.29, 1.82) is 0 Å². The zero-order valence-corrected chi connectivity index (χ0v) is 17.9. The molecule has 0 spiro atoms. The van der Waals surface area contributed by atoms with E-state index in [4.69, 9.17) is 21.4 Å². The first-order valence-corrected chi connectivity index (χ1v) is 11.2.